The number of esters is 1. The molecular weight excluding hydrogens is 288 g/mol. The third kappa shape index (κ3) is 2.24. The van der Waals surface area contributed by atoms with Crippen LogP contribution in [-0.2, 0) is 20.6 Å². The second-order valence-electron chi connectivity index (χ2n) is 5.23. The van der Waals surface area contributed by atoms with Crippen molar-refractivity contribution >= 4 is 16.9 Å². The van der Waals surface area contributed by atoms with Crippen LogP contribution in [0.4, 0.5) is 0 Å². The van der Waals surface area contributed by atoms with Crippen LogP contribution in [0.2, 0.25) is 0 Å². The third-order valence-corrected chi connectivity index (χ3v) is 3.73. The minimum atomic E-state index is -0.691. The second-order valence-corrected chi connectivity index (χ2v) is 5.23. The number of ether oxygens (including phenoxy) is 3. The molecule has 0 bridgehead atoms. The highest BCUT2D eigenvalue weighted by Crippen LogP contribution is 2.41. The fourth-order valence-electron chi connectivity index (χ4n) is 2.79. The van der Waals surface area contributed by atoms with E-state index in [1.54, 1.807) is 20.1 Å². The van der Waals surface area contributed by atoms with E-state index in [4.69, 9.17) is 18.6 Å². The van der Waals surface area contributed by atoms with Crippen LogP contribution in [0.5, 0.6) is 5.75 Å². The van der Waals surface area contributed by atoms with E-state index < -0.39 is 12.3 Å². The summed E-state index contributed by atoms with van der Waals surface area (Å²) in [6, 6.07) is 3.63. The molecule has 2 atom stereocenters. The average Bonchev–Trinajstić information content (AvgIpc) is 2.83. The Morgan fingerprint density at radius 2 is 2.23 bits per heavy atom. The molecule has 2 heterocycles. The van der Waals surface area contributed by atoms with Gasteiger partial charge >= 0.3 is 5.97 Å². The SMILES string of the molecule is CCOC(=O)c1oc2c3c(ccc2c1O)C[C@@H](C)O[C@@H]3OC. The molecule has 1 aromatic heterocycles. The van der Waals surface area contributed by atoms with E-state index in [1.165, 1.54) is 0 Å². The van der Waals surface area contributed by atoms with Crippen LogP contribution in [0, 0.1) is 0 Å². The van der Waals surface area contributed by atoms with Gasteiger partial charge in [0.15, 0.2) is 12.0 Å². The van der Waals surface area contributed by atoms with E-state index in [1.807, 2.05) is 13.0 Å². The summed E-state index contributed by atoms with van der Waals surface area (Å²) in [5, 5.41) is 10.7. The molecule has 1 N–H and O–H groups in total. The van der Waals surface area contributed by atoms with Crippen molar-refractivity contribution in [3.05, 3.63) is 29.0 Å². The number of methoxy groups -OCH3 is 1. The normalized spacial score (nSPS) is 20.9. The van der Waals surface area contributed by atoms with Gasteiger partial charge in [-0.15, -0.1) is 0 Å². The van der Waals surface area contributed by atoms with Crippen LogP contribution >= 0.6 is 0 Å². The van der Waals surface area contributed by atoms with Gasteiger partial charge in [-0.3, -0.25) is 0 Å². The van der Waals surface area contributed by atoms with Gasteiger partial charge in [0.2, 0.25) is 0 Å². The van der Waals surface area contributed by atoms with Crippen LogP contribution in [0.3, 0.4) is 0 Å². The van der Waals surface area contributed by atoms with Crippen LogP contribution < -0.4 is 0 Å². The van der Waals surface area contributed by atoms with Crippen LogP contribution in [0.15, 0.2) is 16.5 Å². The van der Waals surface area contributed by atoms with E-state index in [0.717, 1.165) is 5.56 Å². The van der Waals surface area contributed by atoms with Gasteiger partial charge in [-0.25, -0.2) is 4.79 Å². The number of hydrogen-bond acceptors (Lipinski definition) is 6. The maximum absolute atomic E-state index is 11.9. The van der Waals surface area contributed by atoms with Crippen molar-refractivity contribution in [1.82, 2.24) is 0 Å². The molecule has 6 heteroatoms. The number of furan rings is 1. The number of hydrogen-bond donors (Lipinski definition) is 1. The molecule has 1 aliphatic heterocycles. The Balaban J connectivity index is 2.19. The lowest BCUT2D eigenvalue weighted by Gasteiger charge is -2.29. The largest absolute Gasteiger partial charge is 0.504 e. The smallest absolute Gasteiger partial charge is 0.378 e. The molecule has 0 spiro atoms. The van der Waals surface area contributed by atoms with Crippen LogP contribution in [-0.4, -0.2) is 30.9 Å². The number of benzene rings is 1. The standard InChI is InChI=1S/C16H18O6/c1-4-20-15(18)14-12(17)10-6-5-9-7-8(2)21-16(19-3)11(9)13(10)22-14/h5-6,8,16-17H,4,7H2,1-3H3/t8-,16+/m1/s1. The molecule has 0 unspecified atom stereocenters. The summed E-state index contributed by atoms with van der Waals surface area (Å²) >= 11 is 0. The van der Waals surface area contributed by atoms with Gasteiger partial charge in [0.25, 0.3) is 5.76 Å². The molecule has 0 saturated carbocycles. The third-order valence-electron chi connectivity index (χ3n) is 3.73. The molecule has 3 rings (SSSR count). The molecule has 0 amide bonds. The Morgan fingerprint density at radius 1 is 1.45 bits per heavy atom. The van der Waals surface area contributed by atoms with Gasteiger partial charge in [0.05, 0.1) is 23.7 Å². The highest BCUT2D eigenvalue weighted by molar-refractivity contribution is 5.99. The number of fused-ring (bicyclic) bond motifs is 3. The molecule has 118 valence electrons. The Kier molecular flexibility index (Phi) is 3.80. The Hall–Kier alpha value is -2.05. The van der Waals surface area contributed by atoms with Crippen molar-refractivity contribution in [2.45, 2.75) is 32.7 Å². The van der Waals surface area contributed by atoms with E-state index >= 15 is 0 Å². The van der Waals surface area contributed by atoms with Gasteiger partial charge in [0.1, 0.15) is 5.58 Å². The van der Waals surface area contributed by atoms with Gasteiger partial charge in [-0.05, 0) is 31.9 Å². The Labute approximate surface area is 127 Å². The van der Waals surface area contributed by atoms with Gasteiger partial charge in [0, 0.05) is 7.11 Å². The molecule has 0 radical (unpaired) electrons. The molecular formula is C16H18O6. The van der Waals surface area contributed by atoms with Crippen molar-refractivity contribution in [2.24, 2.45) is 0 Å². The lowest BCUT2D eigenvalue weighted by atomic mass is 9.96. The molecule has 0 aliphatic carbocycles. The first-order chi connectivity index (χ1) is 10.6. The molecule has 0 saturated heterocycles. The first kappa shape index (κ1) is 14.9. The molecule has 2 aromatic rings. The lowest BCUT2D eigenvalue weighted by Crippen LogP contribution is -2.24. The van der Waals surface area contributed by atoms with Gasteiger partial charge in [-0.2, -0.15) is 0 Å². The summed E-state index contributed by atoms with van der Waals surface area (Å²) in [5.74, 6) is -1.10. The van der Waals surface area contributed by atoms with Crippen molar-refractivity contribution < 1.29 is 28.5 Å². The number of carbonyl (C=O) groups is 1. The summed E-state index contributed by atoms with van der Waals surface area (Å²) in [7, 11) is 1.54. The summed E-state index contributed by atoms with van der Waals surface area (Å²) in [6.07, 6.45) is 0.132. The number of carbonyl (C=O) groups excluding carboxylic acids is 1. The summed E-state index contributed by atoms with van der Waals surface area (Å²) in [6.45, 7) is 3.85. The molecule has 22 heavy (non-hydrogen) atoms. The minimum Gasteiger partial charge on any atom is -0.504 e. The van der Waals surface area contributed by atoms with Gasteiger partial charge in [-0.1, -0.05) is 6.07 Å². The first-order valence-corrected chi connectivity index (χ1v) is 7.19. The maximum atomic E-state index is 11.9. The topological polar surface area (TPSA) is 78.1 Å². The van der Waals surface area contributed by atoms with E-state index in [2.05, 4.69) is 0 Å². The Bertz CT molecular complexity index is 717. The first-order valence-electron chi connectivity index (χ1n) is 7.19. The fourth-order valence-corrected chi connectivity index (χ4v) is 2.79. The number of aromatic hydroxyl groups is 1. The lowest BCUT2D eigenvalue weighted by molar-refractivity contribution is -0.162. The van der Waals surface area contributed by atoms with Crippen molar-refractivity contribution in [1.29, 1.82) is 0 Å². The summed E-state index contributed by atoms with van der Waals surface area (Å²) in [5.41, 5.74) is 2.13. The van der Waals surface area contributed by atoms with Gasteiger partial charge < -0.3 is 23.7 Å². The van der Waals surface area contributed by atoms with Crippen LogP contribution in [0.1, 0.15) is 41.8 Å². The van der Waals surface area contributed by atoms with E-state index in [0.29, 0.717) is 23.0 Å². The van der Waals surface area contributed by atoms with Crippen LogP contribution in [0.25, 0.3) is 11.0 Å². The zero-order chi connectivity index (χ0) is 15.9. The molecule has 1 aromatic carbocycles. The molecule has 0 fully saturated rings. The van der Waals surface area contributed by atoms with Crippen molar-refractivity contribution in [3.8, 4) is 5.75 Å². The molecule has 1 aliphatic rings. The number of rotatable bonds is 3. The predicted molar refractivity (Wildman–Crippen MR) is 77.8 cm³/mol. The predicted octanol–water partition coefficient (Wildman–Crippen LogP) is 2.92. The molecule has 6 nitrogen and oxygen atoms in total. The second kappa shape index (κ2) is 5.62. The van der Waals surface area contributed by atoms with E-state index in [-0.39, 0.29) is 24.2 Å². The van der Waals surface area contributed by atoms with Crippen molar-refractivity contribution in [2.75, 3.05) is 13.7 Å². The zero-order valence-electron chi connectivity index (χ0n) is 12.7. The minimum absolute atomic E-state index is 0.0167. The fraction of sp³-hybridized carbons (Fsp3) is 0.438. The Morgan fingerprint density at radius 3 is 2.91 bits per heavy atom. The highest BCUT2D eigenvalue weighted by Gasteiger charge is 2.31. The average molecular weight is 306 g/mol. The summed E-state index contributed by atoms with van der Waals surface area (Å²) < 4.78 is 21.6. The summed E-state index contributed by atoms with van der Waals surface area (Å²) in [4.78, 5) is 11.9. The highest BCUT2D eigenvalue weighted by atomic mass is 16.7. The maximum Gasteiger partial charge on any atom is 0.378 e. The monoisotopic (exact) mass is 306 g/mol. The van der Waals surface area contributed by atoms with Crippen molar-refractivity contribution in [3.63, 3.8) is 0 Å². The zero-order valence-corrected chi connectivity index (χ0v) is 12.7. The van der Waals surface area contributed by atoms with E-state index in [9.17, 15) is 9.90 Å². The quantitative estimate of drug-likeness (QED) is 0.878.